The smallest absolute Gasteiger partial charge is 0.263 e. The number of aromatic nitrogens is 3. The molecule has 1 aliphatic heterocycles. The lowest BCUT2D eigenvalue weighted by Gasteiger charge is -2.13. The summed E-state index contributed by atoms with van der Waals surface area (Å²) in [5, 5.41) is 9.54. The van der Waals surface area contributed by atoms with E-state index in [1.54, 1.807) is 29.8 Å². The van der Waals surface area contributed by atoms with E-state index in [2.05, 4.69) is 25.2 Å². The Morgan fingerprint density at radius 1 is 1.39 bits per heavy atom. The highest BCUT2D eigenvalue weighted by atomic mass is 32.2. The summed E-state index contributed by atoms with van der Waals surface area (Å²) >= 11 is 5.06. The Hall–Kier alpha value is -2.53. The van der Waals surface area contributed by atoms with E-state index >= 15 is 0 Å². The molecule has 0 aliphatic carbocycles. The van der Waals surface area contributed by atoms with E-state index in [1.807, 2.05) is 6.92 Å². The van der Waals surface area contributed by atoms with E-state index < -0.39 is 16.1 Å². The molecule has 1 atom stereocenters. The van der Waals surface area contributed by atoms with Gasteiger partial charge in [-0.3, -0.25) is 19.6 Å². The molecule has 0 fully saturated rings. The van der Waals surface area contributed by atoms with Crippen LogP contribution in [0, 0.1) is 4.77 Å². The van der Waals surface area contributed by atoms with E-state index in [0.29, 0.717) is 22.6 Å². The second kappa shape index (κ2) is 8.23. The van der Waals surface area contributed by atoms with E-state index in [4.69, 9.17) is 12.2 Å². The molecule has 1 amide bonds. The Balaban J connectivity index is 1.82. The number of carbonyl (C=O) groups excluding carboxylic acids is 1. The molecule has 28 heavy (non-hydrogen) atoms. The Labute approximate surface area is 168 Å². The van der Waals surface area contributed by atoms with Crippen LogP contribution in [-0.4, -0.2) is 41.0 Å². The second-order valence-electron chi connectivity index (χ2n) is 6.46. The number of rotatable bonds is 7. The average molecular weight is 423 g/mol. The minimum Gasteiger partial charge on any atom is -0.347 e. The van der Waals surface area contributed by atoms with Crippen molar-refractivity contribution in [3.63, 3.8) is 0 Å². The van der Waals surface area contributed by atoms with Crippen LogP contribution in [0.5, 0.6) is 0 Å². The van der Waals surface area contributed by atoms with Crippen molar-refractivity contribution in [2.75, 3.05) is 0 Å². The van der Waals surface area contributed by atoms with Gasteiger partial charge in [-0.15, -0.1) is 0 Å². The maximum Gasteiger partial charge on any atom is 0.263 e. The molecule has 0 bridgehead atoms. The van der Waals surface area contributed by atoms with E-state index in [9.17, 15) is 13.2 Å². The molecular formula is C17H22N6O3S2. The second-order valence-corrected chi connectivity index (χ2v) is 8.50. The topological polar surface area (TPSA) is 121 Å². The number of nitrogens with one attached hydrogen (secondary N) is 3. The Kier molecular flexibility index (Phi) is 5.94. The number of H-pyrrole nitrogens is 1. The maximum atomic E-state index is 12.7. The minimum atomic E-state index is -3.65. The highest BCUT2D eigenvalue weighted by Gasteiger charge is 2.31. The van der Waals surface area contributed by atoms with Crippen molar-refractivity contribution in [1.29, 1.82) is 0 Å². The van der Waals surface area contributed by atoms with Gasteiger partial charge in [-0.25, -0.2) is 8.42 Å². The summed E-state index contributed by atoms with van der Waals surface area (Å²) in [4.78, 5) is 17.4. The van der Waals surface area contributed by atoms with Crippen molar-refractivity contribution in [2.45, 2.75) is 43.7 Å². The molecule has 1 unspecified atom stereocenters. The number of fused-ring (bicyclic) bond motifs is 1. The molecule has 0 saturated carbocycles. The van der Waals surface area contributed by atoms with Gasteiger partial charge >= 0.3 is 0 Å². The van der Waals surface area contributed by atoms with Gasteiger partial charge in [0, 0.05) is 12.6 Å². The van der Waals surface area contributed by atoms with Crippen molar-refractivity contribution in [3.05, 3.63) is 40.4 Å². The predicted octanol–water partition coefficient (Wildman–Crippen LogP) is 1.39. The molecule has 1 aliphatic rings. The summed E-state index contributed by atoms with van der Waals surface area (Å²) in [7, 11) is -1.89. The fourth-order valence-electron chi connectivity index (χ4n) is 2.86. The molecule has 9 nitrogen and oxygen atoms in total. The zero-order chi connectivity index (χ0) is 20.3. The van der Waals surface area contributed by atoms with E-state index in [0.717, 1.165) is 12.8 Å². The van der Waals surface area contributed by atoms with Crippen LogP contribution in [0.4, 0.5) is 0 Å². The molecule has 0 radical (unpaired) electrons. The minimum absolute atomic E-state index is 0.171. The predicted molar refractivity (Wildman–Crippen MR) is 107 cm³/mol. The van der Waals surface area contributed by atoms with Crippen LogP contribution < -0.4 is 10.0 Å². The number of hydrogen-bond acceptors (Lipinski definition) is 6. The molecule has 0 saturated heterocycles. The molecule has 1 aromatic heterocycles. The molecule has 150 valence electrons. The average Bonchev–Trinajstić information content (AvgIpc) is 3.13. The van der Waals surface area contributed by atoms with Crippen LogP contribution in [0.1, 0.15) is 37.6 Å². The Morgan fingerprint density at radius 2 is 2.14 bits per heavy atom. The van der Waals surface area contributed by atoms with Gasteiger partial charge in [-0.05, 0) is 30.8 Å². The molecule has 3 rings (SSSR count). The summed E-state index contributed by atoms with van der Waals surface area (Å²) in [5.74, 6) is 0.496. The van der Waals surface area contributed by atoms with Crippen LogP contribution in [0.25, 0.3) is 0 Å². The monoisotopic (exact) mass is 422 g/mol. The number of carbonyl (C=O) groups is 1. The zero-order valence-corrected chi connectivity index (χ0v) is 17.2. The molecular weight excluding hydrogens is 400 g/mol. The van der Waals surface area contributed by atoms with Gasteiger partial charge in [0.2, 0.25) is 5.91 Å². The highest BCUT2D eigenvalue weighted by molar-refractivity contribution is 7.90. The largest absolute Gasteiger partial charge is 0.347 e. The summed E-state index contributed by atoms with van der Waals surface area (Å²) in [6.07, 6.45) is 2.19. The Bertz CT molecular complexity index is 1070. The van der Waals surface area contributed by atoms with Crippen molar-refractivity contribution >= 4 is 34.0 Å². The third-order valence-corrected chi connectivity index (χ3v) is 6.24. The fraction of sp³-hybridized carbons (Fsp3) is 0.412. The van der Waals surface area contributed by atoms with Crippen LogP contribution in [0.3, 0.4) is 0 Å². The van der Waals surface area contributed by atoms with Gasteiger partial charge < -0.3 is 9.88 Å². The summed E-state index contributed by atoms with van der Waals surface area (Å²) in [6.45, 7) is 2.21. The summed E-state index contributed by atoms with van der Waals surface area (Å²) < 4.78 is 29.1. The number of aromatic amines is 1. The fourth-order valence-corrected chi connectivity index (χ4v) is 4.25. The number of sulfonamides is 1. The zero-order valence-electron chi connectivity index (χ0n) is 15.6. The van der Waals surface area contributed by atoms with Crippen molar-refractivity contribution in [2.24, 2.45) is 12.0 Å². The lowest BCUT2D eigenvalue weighted by atomic mass is 10.1. The SMILES string of the molecule is CCCCC(N=C1NS(=O)(=O)c2ccccc21)C(=O)NCc1n[nH]c(=S)n1C. The number of unbranched alkanes of at least 4 members (excludes halogenated alkanes) is 1. The molecule has 0 spiro atoms. The van der Waals surface area contributed by atoms with Gasteiger partial charge in [0.05, 0.1) is 11.4 Å². The first-order valence-electron chi connectivity index (χ1n) is 8.91. The third-order valence-electron chi connectivity index (χ3n) is 4.47. The first-order valence-corrected chi connectivity index (χ1v) is 10.8. The first kappa shape index (κ1) is 20.2. The van der Waals surface area contributed by atoms with Crippen molar-refractivity contribution < 1.29 is 13.2 Å². The van der Waals surface area contributed by atoms with Crippen molar-refractivity contribution in [1.82, 2.24) is 24.8 Å². The Morgan fingerprint density at radius 3 is 2.82 bits per heavy atom. The summed E-state index contributed by atoms with van der Waals surface area (Å²) in [5.41, 5.74) is 0.478. The van der Waals surface area contributed by atoms with E-state index in [1.165, 1.54) is 6.07 Å². The number of benzene rings is 1. The van der Waals surface area contributed by atoms with Gasteiger partial charge in [0.1, 0.15) is 11.9 Å². The van der Waals surface area contributed by atoms with E-state index in [-0.39, 0.29) is 23.2 Å². The molecule has 2 heterocycles. The van der Waals surface area contributed by atoms with Crippen LogP contribution in [0.15, 0.2) is 34.2 Å². The molecule has 11 heteroatoms. The molecule has 3 N–H and O–H groups in total. The number of amidine groups is 1. The lowest BCUT2D eigenvalue weighted by Crippen LogP contribution is -2.35. The van der Waals surface area contributed by atoms with Gasteiger partial charge in [0.25, 0.3) is 10.0 Å². The number of nitrogens with zero attached hydrogens (tertiary/aromatic N) is 3. The highest BCUT2D eigenvalue weighted by Crippen LogP contribution is 2.23. The lowest BCUT2D eigenvalue weighted by molar-refractivity contribution is -0.122. The van der Waals surface area contributed by atoms with Crippen LogP contribution >= 0.6 is 12.2 Å². The molecule has 2 aromatic rings. The number of aliphatic imine (C=N–C) groups is 1. The van der Waals surface area contributed by atoms with Crippen LogP contribution in [-0.2, 0) is 28.4 Å². The number of hydrogen-bond donors (Lipinski definition) is 3. The van der Waals surface area contributed by atoms with Gasteiger partial charge in [-0.2, -0.15) is 5.10 Å². The summed E-state index contributed by atoms with van der Waals surface area (Å²) in [6, 6.07) is 5.87. The molecule has 1 aromatic carbocycles. The first-order chi connectivity index (χ1) is 13.3. The normalized spacial score (nSPS) is 17.1. The standard InChI is InChI=1S/C17H22N6O3S2/c1-3-4-8-12(16(24)18-10-14-20-21-17(27)23(14)2)19-15-11-7-5-6-9-13(11)28(25,26)22-15/h5-7,9,12H,3-4,8,10H2,1-2H3,(H,18,24)(H,19,22)(H,21,27). The van der Waals surface area contributed by atoms with Crippen LogP contribution in [0.2, 0.25) is 0 Å². The quantitative estimate of drug-likeness (QED) is 0.582. The maximum absolute atomic E-state index is 12.7. The van der Waals surface area contributed by atoms with Gasteiger partial charge in [-0.1, -0.05) is 31.9 Å². The third kappa shape index (κ3) is 4.14. The van der Waals surface area contributed by atoms with Gasteiger partial charge in [0.15, 0.2) is 10.6 Å². The van der Waals surface area contributed by atoms with Crippen molar-refractivity contribution in [3.8, 4) is 0 Å². The number of amides is 1.